The normalized spacial score (nSPS) is 14.1. The van der Waals surface area contributed by atoms with Crippen molar-refractivity contribution in [1.29, 1.82) is 0 Å². The van der Waals surface area contributed by atoms with E-state index in [-0.39, 0.29) is 52.3 Å². The predicted molar refractivity (Wildman–Crippen MR) is 209 cm³/mol. The number of anilines is 4. The van der Waals surface area contributed by atoms with E-state index in [1.165, 1.54) is 18.6 Å². The van der Waals surface area contributed by atoms with Crippen LogP contribution in [0.4, 0.5) is 31.4 Å². The molecule has 4 aromatic rings. The summed E-state index contributed by atoms with van der Waals surface area (Å²) in [6.07, 6.45) is 11.6. The monoisotopic (exact) mass is 904 g/mol. The summed E-state index contributed by atoms with van der Waals surface area (Å²) < 4.78 is 1.08. The van der Waals surface area contributed by atoms with Gasteiger partial charge in [-0.3, -0.25) is 40.1 Å². The van der Waals surface area contributed by atoms with Crippen molar-refractivity contribution < 1.29 is 39.0 Å². The standard InChI is InChI=1S/2C17H17BrN4O4S/c18-14-11(8-12(23)24)20-17(27-14)22-16(26)21-15-10(6-3-7-19-15)13(25)9-4-1-2-5-9;18-15-11(7-13(23)24)21-17(27-15)22-16(26)20-12-8-19-6-5-10(12)14(25)9-3-1-2-4-9/h3,6-7,9H,1-2,4-5,8H2,(H,23,24)(H2,19,20,21,22,26);5-6,8-9H,1-4,7H2,(H,23,24)(H2,20,21,22,26). The molecule has 0 aliphatic heterocycles. The van der Waals surface area contributed by atoms with Crippen LogP contribution in [0.3, 0.4) is 0 Å². The van der Waals surface area contributed by atoms with Crippen LogP contribution in [0.1, 0.15) is 83.5 Å². The quantitative estimate of drug-likeness (QED) is 0.0744. The fourth-order valence-electron chi connectivity index (χ4n) is 5.99. The van der Waals surface area contributed by atoms with Gasteiger partial charge in [0.05, 0.1) is 49.3 Å². The van der Waals surface area contributed by atoms with Gasteiger partial charge >= 0.3 is 24.0 Å². The second-order valence-corrected chi connectivity index (χ2v) is 16.9. The summed E-state index contributed by atoms with van der Waals surface area (Å²) in [7, 11) is 0. The number of hydrogen-bond donors (Lipinski definition) is 6. The van der Waals surface area contributed by atoms with E-state index in [0.717, 1.165) is 74.0 Å². The highest BCUT2D eigenvalue weighted by atomic mass is 79.9. The number of aromatic nitrogens is 4. The summed E-state index contributed by atoms with van der Waals surface area (Å²) in [4.78, 5) is 87.8. The molecule has 284 valence electrons. The summed E-state index contributed by atoms with van der Waals surface area (Å²) in [6, 6.07) is 3.76. The zero-order valence-electron chi connectivity index (χ0n) is 28.4. The molecule has 2 fully saturated rings. The Labute approximate surface area is 333 Å². The molecule has 0 saturated heterocycles. The average Bonchev–Trinajstić information content (AvgIpc) is 3.95. The molecular formula is C34H34Br2N8O8S2. The number of amides is 4. The third-order valence-electron chi connectivity index (χ3n) is 8.47. The number of thiazole rings is 2. The maximum Gasteiger partial charge on any atom is 0.326 e. The van der Waals surface area contributed by atoms with Gasteiger partial charge in [0.15, 0.2) is 21.8 Å². The van der Waals surface area contributed by atoms with Gasteiger partial charge in [-0.2, -0.15) is 0 Å². The lowest BCUT2D eigenvalue weighted by Gasteiger charge is -2.13. The van der Waals surface area contributed by atoms with Crippen LogP contribution in [0.5, 0.6) is 0 Å². The maximum absolute atomic E-state index is 12.7. The first-order chi connectivity index (χ1) is 25.9. The van der Waals surface area contributed by atoms with Gasteiger partial charge in [-0.25, -0.2) is 24.5 Å². The highest BCUT2D eigenvalue weighted by Crippen LogP contribution is 2.33. The number of carbonyl (C=O) groups excluding carboxylic acids is 4. The van der Waals surface area contributed by atoms with Gasteiger partial charge in [-0.1, -0.05) is 48.4 Å². The summed E-state index contributed by atoms with van der Waals surface area (Å²) in [5.74, 6) is -1.84. The van der Waals surface area contributed by atoms with Crippen molar-refractivity contribution in [3.05, 3.63) is 66.9 Å². The molecule has 16 nitrogen and oxygen atoms in total. The molecule has 4 heterocycles. The number of ketones is 2. The van der Waals surface area contributed by atoms with Crippen LogP contribution < -0.4 is 21.3 Å². The molecule has 20 heteroatoms. The number of nitrogens with zero attached hydrogens (tertiary/aromatic N) is 4. The lowest BCUT2D eigenvalue weighted by Crippen LogP contribution is -2.23. The molecule has 0 bridgehead atoms. The van der Waals surface area contributed by atoms with Crippen molar-refractivity contribution in [3.8, 4) is 0 Å². The van der Waals surface area contributed by atoms with Gasteiger partial charge in [-0.05, 0) is 75.7 Å². The number of aliphatic carboxylic acids is 2. The van der Waals surface area contributed by atoms with E-state index in [1.807, 2.05) is 0 Å². The minimum Gasteiger partial charge on any atom is -0.481 e. The Hall–Kier alpha value is -4.66. The topological polar surface area (TPSA) is 243 Å². The fourth-order valence-corrected chi connectivity index (χ4v) is 8.78. The Morgan fingerprint density at radius 3 is 1.70 bits per heavy atom. The number of carboxylic acid groups (broad SMARTS) is 2. The molecule has 0 radical (unpaired) electrons. The SMILES string of the molecule is O=C(O)Cc1nc(NC(=O)Nc2cnccc2C(=O)C2CCCC2)sc1Br.O=C(O)Cc1nc(NC(=O)Nc2ncccc2C(=O)C2CCCC2)sc1Br. The van der Waals surface area contributed by atoms with Gasteiger partial charge < -0.3 is 15.5 Å². The van der Waals surface area contributed by atoms with E-state index in [4.69, 9.17) is 10.2 Å². The zero-order valence-corrected chi connectivity index (χ0v) is 33.2. The number of urea groups is 2. The Balaban J connectivity index is 0.000000208. The molecular weight excluding hydrogens is 872 g/mol. The van der Waals surface area contributed by atoms with Crippen LogP contribution in [-0.2, 0) is 22.4 Å². The lowest BCUT2D eigenvalue weighted by molar-refractivity contribution is -0.137. The number of hydrogen-bond acceptors (Lipinski definition) is 12. The highest BCUT2D eigenvalue weighted by Gasteiger charge is 2.28. The molecule has 4 amide bonds. The van der Waals surface area contributed by atoms with Crippen molar-refractivity contribution in [2.24, 2.45) is 11.8 Å². The number of Topliss-reactive ketones (excluding diaryl/α,β-unsaturated/α-hetero) is 2. The van der Waals surface area contributed by atoms with Crippen molar-refractivity contribution in [2.45, 2.75) is 64.2 Å². The molecule has 2 aliphatic carbocycles. The van der Waals surface area contributed by atoms with Crippen molar-refractivity contribution in [3.63, 3.8) is 0 Å². The molecule has 0 unspecified atom stereocenters. The minimum absolute atomic E-state index is 0.00311. The first-order valence-electron chi connectivity index (χ1n) is 16.7. The number of rotatable bonds is 12. The predicted octanol–water partition coefficient (Wildman–Crippen LogP) is 7.89. The molecule has 2 aliphatic rings. The van der Waals surface area contributed by atoms with E-state index < -0.39 is 24.0 Å². The second-order valence-electron chi connectivity index (χ2n) is 12.3. The van der Waals surface area contributed by atoms with E-state index >= 15 is 0 Å². The molecule has 4 aromatic heterocycles. The third kappa shape index (κ3) is 11.2. The van der Waals surface area contributed by atoms with Crippen molar-refractivity contribution in [2.75, 3.05) is 21.3 Å². The van der Waals surface area contributed by atoms with E-state index in [0.29, 0.717) is 35.8 Å². The molecule has 0 atom stereocenters. The third-order valence-corrected chi connectivity index (χ3v) is 12.0. The fraction of sp³-hybridized carbons (Fsp3) is 0.353. The first-order valence-corrected chi connectivity index (χ1v) is 20.0. The number of carboxylic acids is 2. The molecule has 0 spiro atoms. The minimum atomic E-state index is -1.01. The molecule has 6 N–H and O–H groups in total. The summed E-state index contributed by atoms with van der Waals surface area (Å²) in [5.41, 5.74) is 1.85. The summed E-state index contributed by atoms with van der Waals surface area (Å²) in [5, 5.41) is 28.5. The summed E-state index contributed by atoms with van der Waals surface area (Å²) >= 11 is 8.69. The Morgan fingerprint density at radius 1 is 0.685 bits per heavy atom. The van der Waals surface area contributed by atoms with Crippen LogP contribution in [0.15, 0.2) is 44.4 Å². The molecule has 0 aromatic carbocycles. The van der Waals surface area contributed by atoms with E-state index in [9.17, 15) is 28.8 Å². The zero-order chi connectivity index (χ0) is 38.8. The maximum atomic E-state index is 12.7. The Kier molecular flexibility index (Phi) is 14.3. The number of nitrogens with one attached hydrogen (secondary N) is 4. The van der Waals surface area contributed by atoms with Crippen LogP contribution >= 0.6 is 54.5 Å². The smallest absolute Gasteiger partial charge is 0.326 e. The number of halogens is 2. The molecule has 54 heavy (non-hydrogen) atoms. The number of carbonyl (C=O) groups is 6. The largest absolute Gasteiger partial charge is 0.481 e. The lowest BCUT2D eigenvalue weighted by atomic mass is 9.96. The van der Waals surface area contributed by atoms with E-state index in [2.05, 4.69) is 73.1 Å². The Morgan fingerprint density at radius 2 is 1.19 bits per heavy atom. The second kappa shape index (κ2) is 19.1. The molecule has 6 rings (SSSR count). The van der Waals surface area contributed by atoms with Crippen LogP contribution in [-0.4, -0.2) is 65.7 Å². The molecule has 2 saturated carbocycles. The number of pyridine rings is 2. The van der Waals surface area contributed by atoms with Crippen molar-refractivity contribution in [1.82, 2.24) is 19.9 Å². The van der Waals surface area contributed by atoms with Crippen molar-refractivity contribution >= 4 is 112 Å². The van der Waals surface area contributed by atoms with Crippen LogP contribution in [0.2, 0.25) is 0 Å². The summed E-state index contributed by atoms with van der Waals surface area (Å²) in [6.45, 7) is 0. The van der Waals surface area contributed by atoms with Gasteiger partial charge in [0.1, 0.15) is 5.82 Å². The van der Waals surface area contributed by atoms with E-state index in [1.54, 1.807) is 18.2 Å². The van der Waals surface area contributed by atoms with Gasteiger partial charge in [0, 0.05) is 29.8 Å². The van der Waals surface area contributed by atoms with Crippen LogP contribution in [0, 0.1) is 11.8 Å². The van der Waals surface area contributed by atoms with Crippen LogP contribution in [0.25, 0.3) is 0 Å². The highest BCUT2D eigenvalue weighted by molar-refractivity contribution is 9.11. The average molecular weight is 907 g/mol. The van der Waals surface area contributed by atoms with Gasteiger partial charge in [0.25, 0.3) is 0 Å². The first kappa shape index (κ1) is 40.5. The van der Waals surface area contributed by atoms with Gasteiger partial charge in [-0.15, -0.1) is 0 Å². The van der Waals surface area contributed by atoms with Gasteiger partial charge in [0.2, 0.25) is 0 Å². The Bertz CT molecular complexity index is 1900.